The first-order valence-corrected chi connectivity index (χ1v) is 6.62. The summed E-state index contributed by atoms with van der Waals surface area (Å²) in [5, 5.41) is 11.6. The van der Waals surface area contributed by atoms with Crippen molar-refractivity contribution in [3.8, 4) is 0 Å². The summed E-state index contributed by atoms with van der Waals surface area (Å²) in [5.74, 6) is -0.920. The Morgan fingerprint density at radius 3 is 2.84 bits per heavy atom. The molecule has 3 amide bonds. The zero-order valence-corrected chi connectivity index (χ0v) is 10.8. The molecule has 0 aliphatic carbocycles. The van der Waals surface area contributed by atoms with Gasteiger partial charge in [-0.1, -0.05) is 0 Å². The van der Waals surface area contributed by atoms with Crippen LogP contribution in [0.15, 0.2) is 0 Å². The van der Waals surface area contributed by atoms with Crippen LogP contribution in [0.5, 0.6) is 0 Å². The van der Waals surface area contributed by atoms with E-state index in [1.54, 1.807) is 9.80 Å². The Morgan fingerprint density at radius 1 is 1.32 bits per heavy atom. The number of nitrogens with zero attached hydrogens (tertiary/aromatic N) is 2. The molecule has 2 aliphatic rings. The average Bonchev–Trinajstić information content (AvgIpc) is 2.68. The van der Waals surface area contributed by atoms with Crippen molar-refractivity contribution < 1.29 is 19.5 Å². The van der Waals surface area contributed by atoms with E-state index in [2.05, 4.69) is 5.32 Å². The molecule has 0 aromatic rings. The molecule has 0 radical (unpaired) electrons. The lowest BCUT2D eigenvalue weighted by atomic mass is 10.1. The molecule has 0 bridgehead atoms. The van der Waals surface area contributed by atoms with Crippen molar-refractivity contribution in [3.63, 3.8) is 0 Å². The number of aliphatic carboxylic acids is 1. The standard InChI is InChI=1S/C12H19N3O4/c16-10-3-6-14(7-4-13-10)12(19)15-5-1-2-9(15)8-11(17)18/h9H,1-8H2,(H,13,16)(H,17,18). The zero-order chi connectivity index (χ0) is 13.8. The number of amides is 3. The summed E-state index contributed by atoms with van der Waals surface area (Å²) in [6, 6.07) is -0.350. The number of hydrogen-bond acceptors (Lipinski definition) is 3. The van der Waals surface area contributed by atoms with E-state index in [4.69, 9.17) is 5.11 Å². The second-order valence-corrected chi connectivity index (χ2v) is 4.96. The minimum Gasteiger partial charge on any atom is -0.481 e. The number of hydrogen-bond donors (Lipinski definition) is 2. The van der Waals surface area contributed by atoms with Crippen molar-refractivity contribution in [2.75, 3.05) is 26.2 Å². The smallest absolute Gasteiger partial charge is 0.320 e. The lowest BCUT2D eigenvalue weighted by molar-refractivity contribution is -0.138. The van der Waals surface area contributed by atoms with E-state index >= 15 is 0 Å². The second-order valence-electron chi connectivity index (χ2n) is 4.96. The molecule has 7 heteroatoms. The van der Waals surface area contributed by atoms with E-state index in [1.165, 1.54) is 0 Å². The molecule has 2 rings (SSSR count). The van der Waals surface area contributed by atoms with Crippen LogP contribution in [0.25, 0.3) is 0 Å². The maximum absolute atomic E-state index is 12.4. The molecule has 19 heavy (non-hydrogen) atoms. The van der Waals surface area contributed by atoms with Crippen LogP contribution < -0.4 is 5.32 Å². The van der Waals surface area contributed by atoms with Crippen molar-refractivity contribution in [1.82, 2.24) is 15.1 Å². The van der Waals surface area contributed by atoms with Crippen LogP contribution in [0.1, 0.15) is 25.7 Å². The van der Waals surface area contributed by atoms with Crippen molar-refractivity contribution >= 4 is 17.9 Å². The summed E-state index contributed by atoms with van der Waals surface area (Å²) in [6.07, 6.45) is 1.89. The zero-order valence-electron chi connectivity index (χ0n) is 10.8. The SMILES string of the molecule is O=C(O)CC1CCCN1C(=O)N1CCNC(=O)CC1. The van der Waals surface area contributed by atoms with Gasteiger partial charge in [0.25, 0.3) is 0 Å². The van der Waals surface area contributed by atoms with Gasteiger partial charge in [0.1, 0.15) is 0 Å². The summed E-state index contributed by atoms with van der Waals surface area (Å²) in [7, 11) is 0. The third-order valence-corrected chi connectivity index (χ3v) is 3.62. The number of urea groups is 1. The highest BCUT2D eigenvalue weighted by Gasteiger charge is 2.33. The van der Waals surface area contributed by atoms with Gasteiger partial charge in [-0.15, -0.1) is 0 Å². The summed E-state index contributed by atoms with van der Waals surface area (Å²) in [5.41, 5.74) is 0. The molecule has 0 aromatic carbocycles. The summed E-state index contributed by atoms with van der Waals surface area (Å²) >= 11 is 0. The molecule has 106 valence electrons. The van der Waals surface area contributed by atoms with Crippen LogP contribution in [-0.2, 0) is 9.59 Å². The Labute approximate surface area is 111 Å². The monoisotopic (exact) mass is 269 g/mol. The minimum atomic E-state index is -0.877. The fraction of sp³-hybridized carbons (Fsp3) is 0.750. The van der Waals surface area contributed by atoms with Gasteiger partial charge < -0.3 is 20.2 Å². The van der Waals surface area contributed by atoms with Crippen LogP contribution in [0.3, 0.4) is 0 Å². The van der Waals surface area contributed by atoms with Gasteiger partial charge in [0, 0.05) is 38.6 Å². The van der Waals surface area contributed by atoms with Gasteiger partial charge in [0.15, 0.2) is 0 Å². The topological polar surface area (TPSA) is 89.9 Å². The van der Waals surface area contributed by atoms with Crippen LogP contribution >= 0.6 is 0 Å². The molecule has 2 heterocycles. The Balaban J connectivity index is 1.97. The molecule has 2 saturated heterocycles. The first-order valence-electron chi connectivity index (χ1n) is 6.62. The average molecular weight is 269 g/mol. The van der Waals surface area contributed by atoms with Crippen LogP contribution in [0.4, 0.5) is 4.79 Å². The molecular weight excluding hydrogens is 250 g/mol. The molecule has 2 fully saturated rings. The van der Waals surface area contributed by atoms with Gasteiger partial charge in [0.2, 0.25) is 5.91 Å². The highest BCUT2D eigenvalue weighted by molar-refractivity contribution is 5.80. The Kier molecular flexibility index (Phi) is 4.24. The third-order valence-electron chi connectivity index (χ3n) is 3.62. The normalized spacial score (nSPS) is 24.0. The van der Waals surface area contributed by atoms with Crippen LogP contribution in [-0.4, -0.2) is 65.0 Å². The summed E-state index contributed by atoms with van der Waals surface area (Å²) < 4.78 is 0. The molecule has 7 nitrogen and oxygen atoms in total. The van der Waals surface area contributed by atoms with Gasteiger partial charge in [-0.25, -0.2) is 4.79 Å². The quantitative estimate of drug-likeness (QED) is 0.730. The molecule has 0 aromatic heterocycles. The summed E-state index contributed by atoms with van der Waals surface area (Å²) in [6.45, 7) is 1.96. The van der Waals surface area contributed by atoms with Gasteiger partial charge in [-0.3, -0.25) is 9.59 Å². The van der Waals surface area contributed by atoms with Crippen LogP contribution in [0, 0.1) is 0 Å². The lowest BCUT2D eigenvalue weighted by Gasteiger charge is -2.30. The van der Waals surface area contributed by atoms with Crippen molar-refractivity contribution in [2.24, 2.45) is 0 Å². The van der Waals surface area contributed by atoms with Gasteiger partial charge in [-0.2, -0.15) is 0 Å². The predicted molar refractivity (Wildman–Crippen MR) is 66.6 cm³/mol. The number of carbonyl (C=O) groups excluding carboxylic acids is 2. The molecule has 1 unspecified atom stereocenters. The highest BCUT2D eigenvalue weighted by Crippen LogP contribution is 2.22. The molecule has 0 spiro atoms. The van der Waals surface area contributed by atoms with Crippen molar-refractivity contribution in [3.05, 3.63) is 0 Å². The molecule has 2 N–H and O–H groups in total. The number of carboxylic acid groups (broad SMARTS) is 1. The predicted octanol–water partition coefficient (Wildman–Crippen LogP) is -0.133. The summed E-state index contributed by atoms with van der Waals surface area (Å²) in [4.78, 5) is 37.7. The molecule has 0 saturated carbocycles. The molecule has 1 atom stereocenters. The molecular formula is C12H19N3O4. The Hall–Kier alpha value is -1.79. The second kappa shape index (κ2) is 5.90. The fourth-order valence-corrected chi connectivity index (χ4v) is 2.64. The fourth-order valence-electron chi connectivity index (χ4n) is 2.64. The van der Waals surface area contributed by atoms with E-state index in [1.807, 2.05) is 0 Å². The lowest BCUT2D eigenvalue weighted by Crippen LogP contribution is -2.47. The van der Waals surface area contributed by atoms with Gasteiger partial charge in [0.05, 0.1) is 6.42 Å². The minimum absolute atomic E-state index is 0.00321. The van der Waals surface area contributed by atoms with Crippen molar-refractivity contribution in [2.45, 2.75) is 31.7 Å². The Bertz CT molecular complexity index is 385. The number of rotatable bonds is 2. The van der Waals surface area contributed by atoms with Crippen molar-refractivity contribution in [1.29, 1.82) is 0 Å². The highest BCUT2D eigenvalue weighted by atomic mass is 16.4. The van der Waals surface area contributed by atoms with E-state index in [0.29, 0.717) is 32.6 Å². The van der Waals surface area contributed by atoms with E-state index in [9.17, 15) is 14.4 Å². The molecule has 2 aliphatic heterocycles. The largest absolute Gasteiger partial charge is 0.481 e. The van der Waals surface area contributed by atoms with Gasteiger partial charge >= 0.3 is 12.0 Å². The third kappa shape index (κ3) is 3.36. The maximum Gasteiger partial charge on any atom is 0.320 e. The maximum atomic E-state index is 12.4. The number of carboxylic acids is 1. The van der Waals surface area contributed by atoms with E-state index < -0.39 is 5.97 Å². The van der Waals surface area contributed by atoms with Gasteiger partial charge in [-0.05, 0) is 12.8 Å². The first-order chi connectivity index (χ1) is 9.08. The first kappa shape index (κ1) is 13.6. The van der Waals surface area contributed by atoms with E-state index in [0.717, 1.165) is 12.8 Å². The number of nitrogens with one attached hydrogen (secondary N) is 1. The number of carbonyl (C=O) groups is 3. The van der Waals surface area contributed by atoms with E-state index in [-0.39, 0.29) is 24.4 Å². The number of likely N-dealkylation sites (tertiary alicyclic amines) is 1. The van der Waals surface area contributed by atoms with Crippen LogP contribution in [0.2, 0.25) is 0 Å². The Morgan fingerprint density at radius 2 is 2.11 bits per heavy atom.